The van der Waals surface area contributed by atoms with Gasteiger partial charge in [-0.25, -0.2) is 4.98 Å². The van der Waals surface area contributed by atoms with E-state index in [1.54, 1.807) is 42.5 Å². The second kappa shape index (κ2) is 5.21. The SMILES string of the molecule is NC(N)=NC(=O)c1cccc2[nH]c(-c3ccc(O)cc3)nc12. The lowest BCUT2D eigenvalue weighted by Crippen LogP contribution is -2.24. The molecule has 7 heteroatoms. The van der Waals surface area contributed by atoms with Crippen molar-refractivity contribution in [3.63, 3.8) is 0 Å². The number of rotatable bonds is 2. The van der Waals surface area contributed by atoms with Crippen LogP contribution in [0, 0.1) is 0 Å². The molecule has 7 nitrogen and oxygen atoms in total. The zero-order valence-corrected chi connectivity index (χ0v) is 11.4. The van der Waals surface area contributed by atoms with Crippen LogP contribution in [-0.2, 0) is 0 Å². The summed E-state index contributed by atoms with van der Waals surface area (Å²) >= 11 is 0. The number of carbonyl (C=O) groups excluding carboxylic acids is 1. The summed E-state index contributed by atoms with van der Waals surface area (Å²) in [6.45, 7) is 0. The Morgan fingerprint density at radius 3 is 2.55 bits per heavy atom. The maximum Gasteiger partial charge on any atom is 0.282 e. The quantitative estimate of drug-likeness (QED) is 0.418. The summed E-state index contributed by atoms with van der Waals surface area (Å²) in [6, 6.07) is 11.7. The molecule has 0 bridgehead atoms. The number of nitrogens with one attached hydrogen (secondary N) is 1. The molecule has 0 aliphatic rings. The first-order valence-electron chi connectivity index (χ1n) is 6.46. The number of para-hydroxylation sites is 1. The maximum atomic E-state index is 12.0. The van der Waals surface area contributed by atoms with Gasteiger partial charge in [0.1, 0.15) is 17.1 Å². The second-order valence-electron chi connectivity index (χ2n) is 4.68. The van der Waals surface area contributed by atoms with E-state index >= 15 is 0 Å². The van der Waals surface area contributed by atoms with Gasteiger partial charge in [-0.1, -0.05) is 6.07 Å². The van der Waals surface area contributed by atoms with Crippen molar-refractivity contribution in [2.45, 2.75) is 0 Å². The Hall–Kier alpha value is -3.35. The van der Waals surface area contributed by atoms with Crippen LogP contribution in [0.5, 0.6) is 5.75 Å². The van der Waals surface area contributed by atoms with Crippen molar-refractivity contribution in [3.8, 4) is 17.1 Å². The third-order valence-electron chi connectivity index (χ3n) is 3.11. The Labute approximate surface area is 125 Å². The molecule has 0 aliphatic heterocycles. The van der Waals surface area contributed by atoms with Gasteiger partial charge in [-0.05, 0) is 36.4 Å². The van der Waals surface area contributed by atoms with Crippen LogP contribution >= 0.6 is 0 Å². The molecule has 1 amide bonds. The van der Waals surface area contributed by atoms with Crippen LogP contribution < -0.4 is 11.5 Å². The first-order chi connectivity index (χ1) is 10.5. The van der Waals surface area contributed by atoms with Crippen LogP contribution in [0.2, 0.25) is 0 Å². The molecule has 3 rings (SSSR count). The van der Waals surface area contributed by atoms with E-state index in [9.17, 15) is 9.90 Å². The van der Waals surface area contributed by atoms with E-state index < -0.39 is 5.91 Å². The summed E-state index contributed by atoms with van der Waals surface area (Å²) in [4.78, 5) is 23.1. The number of amides is 1. The van der Waals surface area contributed by atoms with Crippen molar-refractivity contribution in [2.75, 3.05) is 0 Å². The van der Waals surface area contributed by atoms with Crippen molar-refractivity contribution in [1.82, 2.24) is 9.97 Å². The van der Waals surface area contributed by atoms with Gasteiger partial charge < -0.3 is 21.6 Å². The van der Waals surface area contributed by atoms with Gasteiger partial charge in [0.25, 0.3) is 5.91 Å². The number of fused-ring (bicyclic) bond motifs is 1. The average Bonchev–Trinajstić information content (AvgIpc) is 2.90. The van der Waals surface area contributed by atoms with E-state index in [4.69, 9.17) is 11.5 Å². The zero-order valence-electron chi connectivity index (χ0n) is 11.4. The van der Waals surface area contributed by atoms with Gasteiger partial charge >= 0.3 is 0 Å². The van der Waals surface area contributed by atoms with E-state index in [1.165, 1.54) is 0 Å². The number of H-pyrrole nitrogens is 1. The number of benzene rings is 2. The second-order valence-corrected chi connectivity index (χ2v) is 4.68. The van der Waals surface area contributed by atoms with Crippen molar-refractivity contribution >= 4 is 22.9 Å². The summed E-state index contributed by atoms with van der Waals surface area (Å²) < 4.78 is 0. The number of carbonyl (C=O) groups is 1. The molecule has 0 atom stereocenters. The van der Waals surface area contributed by atoms with Crippen LogP contribution in [0.1, 0.15) is 10.4 Å². The Balaban J connectivity index is 2.12. The fourth-order valence-corrected chi connectivity index (χ4v) is 2.14. The molecule has 0 fully saturated rings. The number of guanidine groups is 1. The molecule has 22 heavy (non-hydrogen) atoms. The lowest BCUT2D eigenvalue weighted by atomic mass is 10.2. The molecule has 1 aromatic heterocycles. The van der Waals surface area contributed by atoms with E-state index in [-0.39, 0.29) is 11.7 Å². The van der Waals surface area contributed by atoms with Crippen LogP contribution in [0.3, 0.4) is 0 Å². The molecule has 0 spiro atoms. The minimum Gasteiger partial charge on any atom is -0.508 e. The van der Waals surface area contributed by atoms with Crippen molar-refractivity contribution in [2.24, 2.45) is 16.5 Å². The van der Waals surface area contributed by atoms with Crippen molar-refractivity contribution < 1.29 is 9.90 Å². The van der Waals surface area contributed by atoms with Gasteiger partial charge in [0, 0.05) is 5.56 Å². The summed E-state index contributed by atoms with van der Waals surface area (Å²) in [5, 5.41) is 9.33. The van der Waals surface area contributed by atoms with Crippen LogP contribution in [0.25, 0.3) is 22.4 Å². The Morgan fingerprint density at radius 2 is 1.86 bits per heavy atom. The number of phenolic OH excluding ortho intramolecular Hbond substituents is 1. The summed E-state index contributed by atoms with van der Waals surface area (Å²) in [5.41, 5.74) is 12.8. The number of hydrogen-bond acceptors (Lipinski definition) is 3. The van der Waals surface area contributed by atoms with E-state index in [1.807, 2.05) is 0 Å². The zero-order chi connectivity index (χ0) is 15.7. The number of imidazole rings is 1. The molecule has 0 unspecified atom stereocenters. The summed E-state index contributed by atoms with van der Waals surface area (Å²) in [6.07, 6.45) is 0. The predicted octanol–water partition coefficient (Wildman–Crippen LogP) is 1.35. The Bertz CT molecular complexity index is 877. The number of aromatic hydroxyl groups is 1. The minimum atomic E-state index is -0.547. The summed E-state index contributed by atoms with van der Waals surface area (Å²) in [7, 11) is 0. The third-order valence-corrected chi connectivity index (χ3v) is 3.11. The topological polar surface area (TPSA) is 130 Å². The van der Waals surface area contributed by atoms with Crippen LogP contribution in [-0.4, -0.2) is 26.9 Å². The molecule has 2 aromatic carbocycles. The average molecular weight is 295 g/mol. The van der Waals surface area contributed by atoms with Crippen molar-refractivity contribution in [1.29, 1.82) is 0 Å². The van der Waals surface area contributed by atoms with Gasteiger partial charge in [-0.2, -0.15) is 4.99 Å². The van der Waals surface area contributed by atoms with Gasteiger partial charge in [-0.3, -0.25) is 4.79 Å². The highest BCUT2D eigenvalue weighted by molar-refractivity contribution is 6.09. The Kier molecular flexibility index (Phi) is 3.23. The molecule has 3 aromatic rings. The first-order valence-corrected chi connectivity index (χ1v) is 6.46. The third kappa shape index (κ3) is 2.47. The number of nitrogens with zero attached hydrogens (tertiary/aromatic N) is 2. The highest BCUT2D eigenvalue weighted by Gasteiger charge is 2.14. The number of aliphatic imine (C=N–C) groups is 1. The number of hydrogen-bond donors (Lipinski definition) is 4. The maximum absolute atomic E-state index is 12.0. The van der Waals surface area contributed by atoms with Crippen LogP contribution in [0.15, 0.2) is 47.5 Å². The molecular formula is C15H13N5O2. The molecule has 0 aliphatic carbocycles. The molecular weight excluding hydrogens is 282 g/mol. The Morgan fingerprint density at radius 1 is 1.14 bits per heavy atom. The molecule has 6 N–H and O–H groups in total. The monoisotopic (exact) mass is 295 g/mol. The largest absolute Gasteiger partial charge is 0.508 e. The predicted molar refractivity (Wildman–Crippen MR) is 83.3 cm³/mol. The normalized spacial score (nSPS) is 10.5. The summed E-state index contributed by atoms with van der Waals surface area (Å²) in [5.74, 6) is -0.0888. The van der Waals surface area contributed by atoms with Crippen LogP contribution in [0.4, 0.5) is 0 Å². The fourth-order valence-electron chi connectivity index (χ4n) is 2.14. The van der Waals surface area contributed by atoms with Crippen molar-refractivity contribution in [3.05, 3.63) is 48.0 Å². The molecule has 1 heterocycles. The van der Waals surface area contributed by atoms with Gasteiger partial charge in [0.15, 0.2) is 5.96 Å². The van der Waals surface area contributed by atoms with Gasteiger partial charge in [0.2, 0.25) is 0 Å². The standard InChI is InChI=1S/C15H13N5O2/c16-15(17)20-14(22)10-2-1-3-11-12(10)19-13(18-11)8-4-6-9(21)7-5-8/h1-7,21H,(H,18,19)(H4,16,17,20,22). The lowest BCUT2D eigenvalue weighted by molar-refractivity contribution is 0.100. The molecule has 110 valence electrons. The van der Waals surface area contributed by atoms with E-state index in [2.05, 4.69) is 15.0 Å². The smallest absolute Gasteiger partial charge is 0.282 e. The molecule has 0 saturated heterocycles. The number of nitrogens with two attached hydrogens (primary N) is 2. The molecule has 0 radical (unpaired) electrons. The fraction of sp³-hybridized carbons (Fsp3) is 0. The number of aromatic amines is 1. The highest BCUT2D eigenvalue weighted by Crippen LogP contribution is 2.24. The lowest BCUT2D eigenvalue weighted by Gasteiger charge is -1.97. The van der Waals surface area contributed by atoms with Gasteiger partial charge in [-0.15, -0.1) is 0 Å². The van der Waals surface area contributed by atoms with Gasteiger partial charge in [0.05, 0.1) is 11.1 Å². The van der Waals surface area contributed by atoms with E-state index in [0.717, 1.165) is 5.56 Å². The molecule has 0 saturated carbocycles. The number of phenols is 1. The highest BCUT2D eigenvalue weighted by atomic mass is 16.3. The minimum absolute atomic E-state index is 0.170. The first kappa shape index (κ1) is 13.6. The number of aromatic nitrogens is 2. The van der Waals surface area contributed by atoms with E-state index in [0.29, 0.717) is 22.4 Å².